The summed E-state index contributed by atoms with van der Waals surface area (Å²) in [6.45, 7) is 11.2. The smallest absolute Gasteiger partial charge is 0.154 e. The Morgan fingerprint density at radius 2 is 1.68 bits per heavy atom. The van der Waals surface area contributed by atoms with Crippen LogP contribution in [0.4, 0.5) is 11.6 Å². The van der Waals surface area contributed by atoms with Crippen LogP contribution < -0.4 is 9.80 Å². The first kappa shape index (κ1) is 21.4. The number of rotatable bonds is 5. The summed E-state index contributed by atoms with van der Waals surface area (Å²) in [7, 11) is 0. The van der Waals surface area contributed by atoms with Gasteiger partial charge < -0.3 is 14.9 Å². The first-order valence-corrected chi connectivity index (χ1v) is 11.1. The lowest BCUT2D eigenvalue weighted by Crippen LogP contribution is -2.47. The minimum atomic E-state index is -0.978. The fourth-order valence-corrected chi connectivity index (χ4v) is 4.05. The van der Waals surface area contributed by atoms with E-state index in [1.165, 1.54) is 16.7 Å². The summed E-state index contributed by atoms with van der Waals surface area (Å²) in [4.78, 5) is 13.4. The molecule has 1 saturated heterocycles. The molecule has 164 valence electrons. The van der Waals surface area contributed by atoms with Gasteiger partial charge in [0.05, 0.1) is 23.8 Å². The average Bonchev–Trinajstić information content (AvgIpc) is 2.77. The summed E-state index contributed by atoms with van der Waals surface area (Å²) in [5, 5.41) is 19.3. The number of hydrogen-bond donors (Lipinski definition) is 1. The molecule has 1 fully saturated rings. The summed E-state index contributed by atoms with van der Waals surface area (Å²) in [6.07, 6.45) is 13.3. The Morgan fingerprint density at radius 1 is 0.935 bits per heavy atom. The second-order valence-electron chi connectivity index (χ2n) is 8.95. The third-order valence-electron chi connectivity index (χ3n) is 6.21. The van der Waals surface area contributed by atoms with Crippen LogP contribution in [0.15, 0.2) is 36.2 Å². The molecule has 31 heavy (non-hydrogen) atoms. The van der Waals surface area contributed by atoms with Gasteiger partial charge >= 0.3 is 0 Å². The maximum atomic E-state index is 10.1. The molecule has 0 amide bonds. The first-order chi connectivity index (χ1) is 14.8. The fraction of sp³-hybridized carbons (Fsp3) is 0.500. The van der Waals surface area contributed by atoms with Crippen molar-refractivity contribution in [1.29, 1.82) is 0 Å². The highest BCUT2D eigenvalue weighted by atomic mass is 16.3. The van der Waals surface area contributed by atoms with Gasteiger partial charge in [-0.25, -0.2) is 4.98 Å². The van der Waals surface area contributed by atoms with Crippen molar-refractivity contribution in [1.82, 2.24) is 20.2 Å². The molecule has 1 aliphatic heterocycles. The van der Waals surface area contributed by atoms with Crippen LogP contribution in [-0.4, -0.2) is 51.5 Å². The van der Waals surface area contributed by atoms with E-state index >= 15 is 0 Å². The molecule has 0 unspecified atom stereocenters. The van der Waals surface area contributed by atoms with Crippen molar-refractivity contribution >= 4 is 11.6 Å². The second kappa shape index (κ2) is 8.75. The molecular weight excluding hydrogens is 388 g/mol. The van der Waals surface area contributed by atoms with Crippen LogP contribution in [0.25, 0.3) is 0 Å². The van der Waals surface area contributed by atoms with Crippen LogP contribution in [0, 0.1) is 13.8 Å². The van der Waals surface area contributed by atoms with Crippen molar-refractivity contribution in [3.8, 4) is 0 Å². The van der Waals surface area contributed by atoms with Crippen molar-refractivity contribution in [3.05, 3.63) is 58.7 Å². The number of aliphatic hydroxyl groups is 1. The maximum absolute atomic E-state index is 10.1. The SMILES string of the molecule is Cc1c(CC2=CCCC=C2)nnc(N2CCN(c3cnc(C(C)(C)O)cn3)CC2)c1C. The van der Waals surface area contributed by atoms with E-state index in [1.807, 2.05) is 0 Å². The van der Waals surface area contributed by atoms with Crippen molar-refractivity contribution in [2.45, 2.75) is 52.6 Å². The topological polar surface area (TPSA) is 78.3 Å². The van der Waals surface area contributed by atoms with E-state index in [-0.39, 0.29) is 0 Å². The van der Waals surface area contributed by atoms with Gasteiger partial charge in [-0.2, -0.15) is 5.10 Å². The van der Waals surface area contributed by atoms with Gasteiger partial charge in [0.15, 0.2) is 5.82 Å². The zero-order valence-corrected chi connectivity index (χ0v) is 19.0. The van der Waals surface area contributed by atoms with E-state index in [4.69, 9.17) is 0 Å². The molecule has 1 N–H and O–H groups in total. The Hall–Kier alpha value is -2.80. The number of anilines is 2. The van der Waals surface area contributed by atoms with E-state index < -0.39 is 5.60 Å². The monoisotopic (exact) mass is 420 g/mol. The average molecular weight is 421 g/mol. The molecule has 4 rings (SSSR count). The Kier molecular flexibility index (Phi) is 6.05. The molecule has 7 heteroatoms. The molecule has 0 atom stereocenters. The Balaban J connectivity index is 1.42. The highest BCUT2D eigenvalue weighted by Gasteiger charge is 2.24. The normalized spacial score (nSPS) is 17.1. The summed E-state index contributed by atoms with van der Waals surface area (Å²) in [5.41, 5.74) is 4.46. The summed E-state index contributed by atoms with van der Waals surface area (Å²) in [5.74, 6) is 1.83. The van der Waals surface area contributed by atoms with Gasteiger partial charge in [-0.3, -0.25) is 4.98 Å². The van der Waals surface area contributed by atoms with Crippen LogP contribution in [0.3, 0.4) is 0 Å². The van der Waals surface area contributed by atoms with Crippen molar-refractivity contribution in [3.63, 3.8) is 0 Å². The minimum Gasteiger partial charge on any atom is -0.384 e. The number of hydrogen-bond acceptors (Lipinski definition) is 7. The molecule has 3 heterocycles. The van der Waals surface area contributed by atoms with Crippen molar-refractivity contribution in [2.24, 2.45) is 0 Å². The highest BCUT2D eigenvalue weighted by Crippen LogP contribution is 2.26. The molecule has 0 radical (unpaired) electrons. The van der Waals surface area contributed by atoms with Crippen LogP contribution >= 0.6 is 0 Å². The number of aromatic nitrogens is 4. The van der Waals surface area contributed by atoms with E-state index in [2.05, 4.69) is 62.0 Å². The van der Waals surface area contributed by atoms with Gasteiger partial charge in [-0.05, 0) is 57.2 Å². The quantitative estimate of drug-likeness (QED) is 0.795. The van der Waals surface area contributed by atoms with Crippen LogP contribution in [-0.2, 0) is 12.0 Å². The lowest BCUT2D eigenvalue weighted by molar-refractivity contribution is 0.0734. The largest absolute Gasteiger partial charge is 0.384 e. The predicted molar refractivity (Wildman–Crippen MR) is 123 cm³/mol. The standard InChI is InChI=1S/C24H32N6O/c1-17-18(2)23(28-27-20(17)14-19-8-6-5-7-9-19)30-12-10-29(11-13-30)22-16-25-21(15-26-22)24(3,4)31/h6,8-9,15-16,31H,5,7,10-14H2,1-4H3. The van der Waals surface area contributed by atoms with Gasteiger partial charge in [0, 0.05) is 32.6 Å². The number of nitrogens with zero attached hydrogens (tertiary/aromatic N) is 6. The molecule has 0 spiro atoms. The van der Waals surface area contributed by atoms with Crippen molar-refractivity contribution in [2.75, 3.05) is 36.0 Å². The van der Waals surface area contributed by atoms with Gasteiger partial charge in [0.25, 0.3) is 0 Å². The Morgan fingerprint density at radius 3 is 2.29 bits per heavy atom. The van der Waals surface area contributed by atoms with Crippen LogP contribution in [0.5, 0.6) is 0 Å². The molecule has 0 saturated carbocycles. The van der Waals surface area contributed by atoms with Gasteiger partial charge in [0.1, 0.15) is 11.4 Å². The van der Waals surface area contributed by atoms with Crippen LogP contribution in [0.2, 0.25) is 0 Å². The molecule has 7 nitrogen and oxygen atoms in total. The third kappa shape index (κ3) is 4.77. The zero-order valence-electron chi connectivity index (χ0n) is 19.0. The second-order valence-corrected chi connectivity index (χ2v) is 8.95. The lowest BCUT2D eigenvalue weighted by atomic mass is 9.99. The van der Waals surface area contributed by atoms with Gasteiger partial charge in [-0.1, -0.05) is 18.2 Å². The highest BCUT2D eigenvalue weighted by molar-refractivity contribution is 5.52. The summed E-state index contributed by atoms with van der Waals surface area (Å²) >= 11 is 0. The number of allylic oxidation sites excluding steroid dienone is 4. The van der Waals surface area contributed by atoms with E-state index in [9.17, 15) is 5.11 Å². The number of piperazine rings is 1. The van der Waals surface area contributed by atoms with E-state index in [0.717, 1.165) is 62.8 Å². The Bertz CT molecular complexity index is 982. The molecule has 0 bridgehead atoms. The zero-order chi connectivity index (χ0) is 22.0. The third-order valence-corrected chi connectivity index (χ3v) is 6.21. The lowest BCUT2D eigenvalue weighted by Gasteiger charge is -2.36. The minimum absolute atomic E-state index is 0.579. The summed E-state index contributed by atoms with van der Waals surface area (Å²) in [6, 6.07) is 0. The predicted octanol–water partition coefficient (Wildman–Crippen LogP) is 3.26. The molecular formula is C24H32N6O. The van der Waals surface area contributed by atoms with Gasteiger partial charge in [-0.15, -0.1) is 5.10 Å². The molecule has 1 aliphatic carbocycles. The Labute approximate surface area is 184 Å². The first-order valence-electron chi connectivity index (χ1n) is 11.1. The van der Waals surface area contributed by atoms with Gasteiger partial charge in [0.2, 0.25) is 0 Å². The molecule has 2 aromatic heterocycles. The molecule has 2 aliphatic rings. The fourth-order valence-electron chi connectivity index (χ4n) is 4.05. The van der Waals surface area contributed by atoms with Crippen LogP contribution in [0.1, 0.15) is 49.2 Å². The van der Waals surface area contributed by atoms with Crippen molar-refractivity contribution < 1.29 is 5.11 Å². The molecule has 0 aromatic carbocycles. The maximum Gasteiger partial charge on any atom is 0.154 e. The molecule has 2 aromatic rings. The summed E-state index contributed by atoms with van der Waals surface area (Å²) < 4.78 is 0. The van der Waals surface area contributed by atoms with E-state index in [0.29, 0.717) is 5.69 Å². The van der Waals surface area contributed by atoms with E-state index in [1.54, 1.807) is 26.2 Å².